The molecule has 25 heavy (non-hydrogen) atoms. The van der Waals surface area contributed by atoms with Gasteiger partial charge < -0.3 is 14.3 Å². The Morgan fingerprint density at radius 1 is 0.880 bits per heavy atom. The molecule has 0 fully saturated rings. The first-order chi connectivity index (χ1) is 11.4. The summed E-state index contributed by atoms with van der Waals surface area (Å²) in [4.78, 5) is 0.0586. The third-order valence-corrected chi connectivity index (χ3v) is 10.00. The Balaban J connectivity index is 2.14. The molecule has 2 rings (SSSR count). The van der Waals surface area contributed by atoms with Crippen molar-refractivity contribution in [1.29, 1.82) is 0 Å². The van der Waals surface area contributed by atoms with Gasteiger partial charge in [-0.25, -0.2) is 0 Å². The molecule has 0 amide bonds. The van der Waals surface area contributed by atoms with Gasteiger partial charge in [0.1, 0.15) is 16.4 Å². The molecule has 0 atom stereocenters. The second kappa shape index (κ2) is 6.72. The van der Waals surface area contributed by atoms with E-state index in [9.17, 15) is 8.42 Å². The molecule has 0 aliphatic carbocycles. The van der Waals surface area contributed by atoms with E-state index >= 15 is 0 Å². The van der Waals surface area contributed by atoms with E-state index in [4.69, 9.17) is 14.3 Å². The molecule has 0 unspecified atom stereocenters. The number of hydrogen-bond acceptors (Lipinski definition) is 5. The molecule has 0 aliphatic rings. The molecule has 5 nitrogen and oxygen atoms in total. The van der Waals surface area contributed by atoms with E-state index in [-0.39, 0.29) is 15.7 Å². The van der Waals surface area contributed by atoms with Crippen molar-refractivity contribution in [3.63, 3.8) is 0 Å². The van der Waals surface area contributed by atoms with Crippen molar-refractivity contribution in [2.75, 3.05) is 5.73 Å². The van der Waals surface area contributed by atoms with Crippen LogP contribution in [-0.2, 0) is 10.1 Å². The average molecular weight is 380 g/mol. The minimum Gasteiger partial charge on any atom is -0.543 e. The maximum Gasteiger partial charge on any atom is 0.339 e. The Morgan fingerprint density at radius 3 is 1.84 bits per heavy atom. The molecule has 0 aromatic heterocycles. The number of nitrogens with two attached hydrogens (primary N) is 1. The fourth-order valence-electron chi connectivity index (χ4n) is 1.82. The van der Waals surface area contributed by atoms with Crippen LogP contribution in [0.25, 0.3) is 0 Å². The minimum atomic E-state index is -3.89. The maximum absolute atomic E-state index is 12.3. The van der Waals surface area contributed by atoms with Gasteiger partial charge in [0.05, 0.1) is 0 Å². The van der Waals surface area contributed by atoms with Crippen LogP contribution in [0.3, 0.4) is 0 Å². The van der Waals surface area contributed by atoms with E-state index in [1.807, 2.05) is 0 Å². The van der Waals surface area contributed by atoms with Crippen LogP contribution in [0, 0.1) is 0 Å². The van der Waals surface area contributed by atoms with E-state index in [0.29, 0.717) is 11.4 Å². The highest BCUT2D eigenvalue weighted by Gasteiger charge is 2.38. The first kappa shape index (κ1) is 19.3. The molecule has 0 saturated heterocycles. The summed E-state index contributed by atoms with van der Waals surface area (Å²) in [6.45, 7) is 10.8. The molecular formula is C18H25NO4SSi. The number of nitrogen functional groups attached to an aromatic ring is 1. The predicted molar refractivity (Wildman–Crippen MR) is 103 cm³/mol. The van der Waals surface area contributed by atoms with Crippen molar-refractivity contribution < 1.29 is 17.0 Å². The highest BCUT2D eigenvalue weighted by molar-refractivity contribution is 7.87. The van der Waals surface area contributed by atoms with E-state index < -0.39 is 18.4 Å². The standard InChI is InChI=1S/C18H25NO4SSi/c1-18(2,3)25(4,5)23-16-10-8-15(9-11-16)22-24(20,21)17-12-6-14(19)7-13-17/h6-13H,19H2,1-5H3. The van der Waals surface area contributed by atoms with E-state index in [2.05, 4.69) is 33.9 Å². The smallest absolute Gasteiger partial charge is 0.339 e. The zero-order valence-corrected chi connectivity index (χ0v) is 17.1. The number of anilines is 1. The topological polar surface area (TPSA) is 78.6 Å². The normalized spacial score (nSPS) is 12.7. The number of rotatable bonds is 5. The van der Waals surface area contributed by atoms with Gasteiger partial charge in [0.15, 0.2) is 0 Å². The summed E-state index contributed by atoms with van der Waals surface area (Å²) in [5.41, 5.74) is 6.07. The second-order valence-electron chi connectivity index (χ2n) is 7.44. The lowest BCUT2D eigenvalue weighted by Gasteiger charge is -2.36. The van der Waals surface area contributed by atoms with E-state index in [1.54, 1.807) is 24.3 Å². The number of benzene rings is 2. The lowest BCUT2D eigenvalue weighted by atomic mass is 10.2. The molecule has 7 heteroatoms. The average Bonchev–Trinajstić information content (AvgIpc) is 2.48. The SMILES string of the molecule is CC(C)(C)[Si](C)(C)Oc1ccc(OS(=O)(=O)c2ccc(N)cc2)cc1. The van der Waals surface area contributed by atoms with Crippen LogP contribution in [-0.4, -0.2) is 16.7 Å². The van der Waals surface area contributed by atoms with Crippen LogP contribution in [0.15, 0.2) is 53.4 Å². The van der Waals surface area contributed by atoms with Crippen molar-refractivity contribution >= 4 is 24.1 Å². The lowest BCUT2D eigenvalue weighted by Crippen LogP contribution is -2.43. The van der Waals surface area contributed by atoms with Gasteiger partial charge in [-0.2, -0.15) is 8.42 Å². The van der Waals surface area contributed by atoms with Crippen LogP contribution in [0.5, 0.6) is 11.5 Å². The fraction of sp³-hybridized carbons (Fsp3) is 0.333. The summed E-state index contributed by atoms with van der Waals surface area (Å²) in [5.74, 6) is 0.947. The molecule has 136 valence electrons. The summed E-state index contributed by atoms with van der Waals surface area (Å²) in [6, 6.07) is 12.5. The quantitative estimate of drug-likeness (QED) is 0.472. The van der Waals surface area contributed by atoms with Crippen LogP contribution in [0.1, 0.15) is 20.8 Å². The molecule has 0 heterocycles. The summed E-state index contributed by atoms with van der Waals surface area (Å²) in [5, 5.41) is 0.0840. The molecule has 0 bridgehead atoms. The third kappa shape index (κ3) is 4.76. The van der Waals surface area contributed by atoms with Gasteiger partial charge >= 0.3 is 10.1 Å². The Labute approximate surface area is 151 Å². The zero-order valence-electron chi connectivity index (χ0n) is 15.2. The fourth-order valence-corrected chi connectivity index (χ4v) is 3.78. The van der Waals surface area contributed by atoms with Gasteiger partial charge in [-0.1, -0.05) is 20.8 Å². The first-order valence-corrected chi connectivity index (χ1v) is 12.3. The van der Waals surface area contributed by atoms with E-state index in [0.717, 1.165) is 0 Å². The minimum absolute atomic E-state index is 0.0586. The Bertz CT molecular complexity index is 823. The number of hydrogen-bond donors (Lipinski definition) is 1. The summed E-state index contributed by atoms with van der Waals surface area (Å²) in [7, 11) is -5.83. The lowest BCUT2D eigenvalue weighted by molar-refractivity contribution is 0.480. The molecule has 2 aromatic carbocycles. The van der Waals surface area contributed by atoms with Crippen molar-refractivity contribution in [3.8, 4) is 11.5 Å². The molecule has 0 spiro atoms. The summed E-state index contributed by atoms with van der Waals surface area (Å²) < 4.78 is 35.9. The monoisotopic (exact) mass is 379 g/mol. The van der Waals surface area contributed by atoms with Crippen molar-refractivity contribution in [2.45, 2.75) is 43.8 Å². The van der Waals surface area contributed by atoms with Crippen molar-refractivity contribution in [3.05, 3.63) is 48.5 Å². The zero-order chi connectivity index (χ0) is 18.9. The van der Waals surface area contributed by atoms with Gasteiger partial charge in [-0.3, -0.25) is 0 Å². The van der Waals surface area contributed by atoms with Gasteiger partial charge in [0, 0.05) is 5.69 Å². The molecule has 2 N–H and O–H groups in total. The van der Waals surface area contributed by atoms with Crippen LogP contribution in [0.4, 0.5) is 5.69 Å². The maximum atomic E-state index is 12.3. The van der Waals surface area contributed by atoms with E-state index in [1.165, 1.54) is 24.3 Å². The Hall–Kier alpha value is -1.99. The molecule has 2 aromatic rings. The summed E-state index contributed by atoms with van der Waals surface area (Å²) >= 11 is 0. The molecule has 0 radical (unpaired) electrons. The van der Waals surface area contributed by atoms with Gasteiger partial charge in [-0.15, -0.1) is 0 Å². The third-order valence-electron chi connectivity index (χ3n) is 4.38. The predicted octanol–water partition coefficient (Wildman–Crippen LogP) is 4.42. The van der Waals surface area contributed by atoms with Gasteiger partial charge in [0.25, 0.3) is 0 Å². The highest BCUT2D eigenvalue weighted by Crippen LogP contribution is 2.37. The van der Waals surface area contributed by atoms with Crippen molar-refractivity contribution in [2.24, 2.45) is 0 Å². The van der Waals surface area contributed by atoms with Gasteiger partial charge in [0.2, 0.25) is 8.32 Å². The first-order valence-electron chi connectivity index (χ1n) is 8.00. The molecule has 0 saturated carbocycles. The summed E-state index contributed by atoms with van der Waals surface area (Å²) in [6.07, 6.45) is 0. The Morgan fingerprint density at radius 2 is 1.36 bits per heavy atom. The van der Waals surface area contributed by atoms with Crippen LogP contribution < -0.4 is 14.3 Å². The highest BCUT2D eigenvalue weighted by atomic mass is 32.2. The molecule has 0 aliphatic heterocycles. The van der Waals surface area contributed by atoms with Crippen LogP contribution >= 0.6 is 0 Å². The largest absolute Gasteiger partial charge is 0.543 e. The Kier molecular flexibility index (Phi) is 5.20. The second-order valence-corrected chi connectivity index (χ2v) is 13.7. The van der Waals surface area contributed by atoms with Crippen LogP contribution in [0.2, 0.25) is 18.1 Å². The van der Waals surface area contributed by atoms with Gasteiger partial charge in [-0.05, 0) is 66.7 Å². The molecular weight excluding hydrogens is 354 g/mol. The van der Waals surface area contributed by atoms with Crippen molar-refractivity contribution in [1.82, 2.24) is 0 Å².